The lowest BCUT2D eigenvalue weighted by molar-refractivity contribution is -0.208. The lowest BCUT2D eigenvalue weighted by Gasteiger charge is -2.65. The number of fused-ring (bicyclic) bond motifs is 3. The number of ether oxygens (including phenoxy) is 1. The number of aliphatic hydroxyl groups excluding tert-OH is 1. The number of allylic oxidation sites excluding steroid dienone is 1. The fourth-order valence-electron chi connectivity index (χ4n) is 7.67. The van der Waals surface area contributed by atoms with Gasteiger partial charge in [-0.1, -0.05) is 26.3 Å². The standard InChI is InChI=1S/C22H32O4/c1-14(25)26-19-9-18-20(2,13-24)7-4-8-21(18,3)17-6-5-15-10-22(17,19)11-16(15)12-23/h11-12,15,17-19,24H,4-10,13H2,1-3H3/t15-,17+,18+,19+,20-,21+,22-/m1/s1. The van der Waals surface area contributed by atoms with Gasteiger partial charge in [0, 0.05) is 18.9 Å². The smallest absolute Gasteiger partial charge is 0.302 e. The Morgan fingerprint density at radius 3 is 2.73 bits per heavy atom. The molecule has 1 N–H and O–H groups in total. The molecule has 26 heavy (non-hydrogen) atoms. The van der Waals surface area contributed by atoms with Gasteiger partial charge in [0.2, 0.25) is 0 Å². The number of hydrogen-bond donors (Lipinski definition) is 1. The molecule has 0 saturated heterocycles. The normalized spacial score (nSPS) is 49.6. The zero-order valence-electron chi connectivity index (χ0n) is 16.3. The van der Waals surface area contributed by atoms with Crippen LogP contribution in [0.3, 0.4) is 0 Å². The molecular formula is C22H32O4. The summed E-state index contributed by atoms with van der Waals surface area (Å²) in [5.41, 5.74) is 0.753. The average Bonchev–Trinajstić information content (AvgIpc) is 2.88. The first-order chi connectivity index (χ1) is 12.3. The third-order valence-electron chi connectivity index (χ3n) is 8.71. The van der Waals surface area contributed by atoms with Crippen molar-refractivity contribution in [3.05, 3.63) is 11.6 Å². The highest BCUT2D eigenvalue weighted by Gasteiger charge is 2.67. The Kier molecular flexibility index (Phi) is 4.15. The maximum atomic E-state index is 11.9. The molecular weight excluding hydrogens is 328 g/mol. The zero-order chi connectivity index (χ0) is 18.7. The summed E-state index contributed by atoms with van der Waals surface area (Å²) in [5, 5.41) is 10.2. The minimum Gasteiger partial charge on any atom is -0.462 e. The number of carbonyl (C=O) groups excluding carboxylic acids is 2. The van der Waals surface area contributed by atoms with Crippen molar-refractivity contribution in [3.8, 4) is 0 Å². The van der Waals surface area contributed by atoms with Crippen molar-refractivity contribution in [2.24, 2.45) is 34.0 Å². The third-order valence-corrected chi connectivity index (χ3v) is 8.71. The van der Waals surface area contributed by atoms with Crippen LogP contribution in [-0.4, -0.2) is 30.1 Å². The number of carbonyl (C=O) groups is 2. The minimum atomic E-state index is -0.233. The van der Waals surface area contributed by atoms with Gasteiger partial charge in [-0.05, 0) is 72.7 Å². The maximum absolute atomic E-state index is 11.9. The second kappa shape index (κ2) is 5.92. The van der Waals surface area contributed by atoms with Crippen LogP contribution in [0.4, 0.5) is 0 Å². The summed E-state index contributed by atoms with van der Waals surface area (Å²) in [6.07, 6.45) is 10.3. The van der Waals surface area contributed by atoms with E-state index in [2.05, 4.69) is 19.9 Å². The van der Waals surface area contributed by atoms with Gasteiger partial charge in [-0.25, -0.2) is 0 Å². The highest BCUT2D eigenvalue weighted by Crippen LogP contribution is 2.71. The molecule has 3 fully saturated rings. The van der Waals surface area contributed by atoms with Crippen LogP contribution in [0.1, 0.15) is 65.7 Å². The Balaban J connectivity index is 1.83. The molecule has 4 rings (SSSR count). The van der Waals surface area contributed by atoms with E-state index in [0.717, 1.165) is 50.4 Å². The first-order valence-corrected chi connectivity index (χ1v) is 10.2. The Hall–Kier alpha value is -1.16. The molecule has 0 aromatic carbocycles. The van der Waals surface area contributed by atoms with Crippen LogP contribution < -0.4 is 0 Å². The van der Waals surface area contributed by atoms with Crippen molar-refractivity contribution in [1.82, 2.24) is 0 Å². The van der Waals surface area contributed by atoms with Crippen LogP contribution >= 0.6 is 0 Å². The molecule has 4 nitrogen and oxygen atoms in total. The van der Waals surface area contributed by atoms with Crippen LogP contribution in [0, 0.1) is 34.0 Å². The average molecular weight is 360 g/mol. The summed E-state index contributed by atoms with van der Waals surface area (Å²) >= 11 is 0. The third kappa shape index (κ3) is 2.30. The number of esters is 1. The molecule has 0 aliphatic heterocycles. The van der Waals surface area contributed by atoms with Crippen LogP contribution in [0.15, 0.2) is 11.6 Å². The van der Waals surface area contributed by atoms with Gasteiger partial charge in [0.1, 0.15) is 12.4 Å². The SMILES string of the molecule is CC(=O)O[C@H]1C[C@H]2[C@@](C)(CO)CCC[C@@]2(C)[C@@H]2CC[C@@H]3C[C@]12C=C3C=O. The summed E-state index contributed by atoms with van der Waals surface area (Å²) in [6.45, 7) is 6.31. The topological polar surface area (TPSA) is 63.6 Å². The molecule has 1 spiro atoms. The first kappa shape index (κ1) is 18.2. The number of hydrogen-bond acceptors (Lipinski definition) is 4. The van der Waals surface area contributed by atoms with Crippen LogP contribution in [0.2, 0.25) is 0 Å². The van der Waals surface area contributed by atoms with Gasteiger partial charge in [-0.3, -0.25) is 9.59 Å². The molecule has 144 valence electrons. The van der Waals surface area contributed by atoms with E-state index in [1.807, 2.05) is 0 Å². The molecule has 4 aliphatic rings. The lowest BCUT2D eigenvalue weighted by atomic mass is 9.40. The van der Waals surface area contributed by atoms with Crippen LogP contribution in [0.5, 0.6) is 0 Å². The van der Waals surface area contributed by atoms with Gasteiger partial charge in [0.25, 0.3) is 0 Å². The summed E-state index contributed by atoms with van der Waals surface area (Å²) in [4.78, 5) is 23.6. The summed E-state index contributed by atoms with van der Waals surface area (Å²) in [6, 6.07) is 0. The summed E-state index contributed by atoms with van der Waals surface area (Å²) < 4.78 is 5.93. The second-order valence-electron chi connectivity index (χ2n) is 9.96. The molecule has 4 aliphatic carbocycles. The molecule has 2 bridgehead atoms. The Morgan fingerprint density at radius 1 is 1.31 bits per heavy atom. The van der Waals surface area contributed by atoms with E-state index in [4.69, 9.17) is 4.74 Å². The van der Waals surface area contributed by atoms with Gasteiger partial charge in [0.15, 0.2) is 0 Å². The van der Waals surface area contributed by atoms with Crippen molar-refractivity contribution >= 4 is 12.3 Å². The van der Waals surface area contributed by atoms with Gasteiger partial charge in [0.05, 0.1) is 0 Å². The van der Waals surface area contributed by atoms with Crippen molar-refractivity contribution in [3.63, 3.8) is 0 Å². The van der Waals surface area contributed by atoms with E-state index < -0.39 is 0 Å². The predicted octanol–water partition coefficient (Wildman–Crippen LogP) is 3.67. The number of aliphatic hydroxyl groups is 1. The predicted molar refractivity (Wildman–Crippen MR) is 98.2 cm³/mol. The quantitative estimate of drug-likeness (QED) is 0.616. The molecule has 0 heterocycles. The molecule has 0 amide bonds. The van der Waals surface area contributed by atoms with Crippen molar-refractivity contribution < 1.29 is 19.4 Å². The van der Waals surface area contributed by atoms with E-state index >= 15 is 0 Å². The van der Waals surface area contributed by atoms with Crippen LogP contribution in [0.25, 0.3) is 0 Å². The fourth-order valence-corrected chi connectivity index (χ4v) is 7.67. The Morgan fingerprint density at radius 2 is 2.08 bits per heavy atom. The van der Waals surface area contributed by atoms with Gasteiger partial charge >= 0.3 is 5.97 Å². The van der Waals surface area contributed by atoms with Crippen molar-refractivity contribution in [2.75, 3.05) is 6.61 Å². The summed E-state index contributed by atoms with van der Waals surface area (Å²) in [5.74, 6) is 0.857. The molecule has 0 aromatic rings. The first-order valence-electron chi connectivity index (χ1n) is 10.2. The molecule has 0 aromatic heterocycles. The second-order valence-corrected chi connectivity index (χ2v) is 9.96. The van der Waals surface area contributed by atoms with Gasteiger partial charge < -0.3 is 9.84 Å². The van der Waals surface area contributed by atoms with Crippen molar-refractivity contribution in [1.29, 1.82) is 0 Å². The highest BCUT2D eigenvalue weighted by molar-refractivity contribution is 5.76. The summed E-state index contributed by atoms with van der Waals surface area (Å²) in [7, 11) is 0. The highest BCUT2D eigenvalue weighted by atomic mass is 16.5. The molecule has 0 radical (unpaired) electrons. The van der Waals surface area contributed by atoms with E-state index in [1.54, 1.807) is 0 Å². The molecule has 3 saturated carbocycles. The van der Waals surface area contributed by atoms with Gasteiger partial charge in [-0.15, -0.1) is 0 Å². The van der Waals surface area contributed by atoms with Crippen LogP contribution in [-0.2, 0) is 14.3 Å². The maximum Gasteiger partial charge on any atom is 0.302 e. The molecule has 7 atom stereocenters. The number of aldehydes is 1. The van der Waals surface area contributed by atoms with E-state index in [1.165, 1.54) is 13.3 Å². The van der Waals surface area contributed by atoms with Gasteiger partial charge in [-0.2, -0.15) is 0 Å². The van der Waals surface area contributed by atoms with E-state index in [-0.39, 0.29) is 34.9 Å². The van der Waals surface area contributed by atoms with E-state index in [9.17, 15) is 14.7 Å². The largest absolute Gasteiger partial charge is 0.462 e. The Bertz CT molecular complexity index is 655. The minimum absolute atomic E-state index is 0.111. The molecule has 4 heteroatoms. The monoisotopic (exact) mass is 360 g/mol. The Labute approximate surface area is 156 Å². The molecule has 0 unspecified atom stereocenters. The fraction of sp³-hybridized carbons (Fsp3) is 0.818. The lowest BCUT2D eigenvalue weighted by Crippen LogP contribution is -2.62. The van der Waals surface area contributed by atoms with Crippen molar-refractivity contribution in [2.45, 2.75) is 71.8 Å². The van der Waals surface area contributed by atoms with E-state index in [0.29, 0.717) is 17.8 Å². The zero-order valence-corrected chi connectivity index (χ0v) is 16.3. The number of rotatable bonds is 3.